The van der Waals surface area contributed by atoms with Crippen molar-refractivity contribution < 1.29 is 4.79 Å². The SMILES string of the molecule is CCc1nccn1CCNC(=O)[C@@H](N)[C@@H](C)CC. The smallest absolute Gasteiger partial charge is 0.237 e. The van der Waals surface area contributed by atoms with Gasteiger partial charge in [0.05, 0.1) is 6.04 Å². The Morgan fingerprint density at radius 2 is 2.28 bits per heavy atom. The minimum absolute atomic E-state index is 0.0671. The van der Waals surface area contributed by atoms with Gasteiger partial charge < -0.3 is 15.6 Å². The summed E-state index contributed by atoms with van der Waals surface area (Å²) in [7, 11) is 0. The molecule has 5 nitrogen and oxygen atoms in total. The van der Waals surface area contributed by atoms with E-state index in [1.54, 1.807) is 6.20 Å². The lowest BCUT2D eigenvalue weighted by molar-refractivity contribution is -0.123. The molecule has 0 aliphatic carbocycles. The molecular formula is C13H24N4O. The van der Waals surface area contributed by atoms with E-state index in [1.807, 2.05) is 20.0 Å². The topological polar surface area (TPSA) is 72.9 Å². The average molecular weight is 252 g/mol. The van der Waals surface area contributed by atoms with Crippen LogP contribution in [0.4, 0.5) is 0 Å². The Labute approximate surface area is 109 Å². The van der Waals surface area contributed by atoms with Crippen LogP contribution in [-0.2, 0) is 17.8 Å². The minimum Gasteiger partial charge on any atom is -0.353 e. The number of imidazole rings is 1. The number of carbonyl (C=O) groups is 1. The molecule has 0 aliphatic rings. The van der Waals surface area contributed by atoms with Crippen molar-refractivity contribution in [1.82, 2.24) is 14.9 Å². The van der Waals surface area contributed by atoms with Crippen molar-refractivity contribution >= 4 is 5.91 Å². The molecule has 1 aromatic rings. The van der Waals surface area contributed by atoms with Crippen molar-refractivity contribution in [3.05, 3.63) is 18.2 Å². The zero-order valence-corrected chi connectivity index (χ0v) is 11.5. The van der Waals surface area contributed by atoms with Crippen LogP contribution >= 0.6 is 0 Å². The third kappa shape index (κ3) is 3.84. The monoisotopic (exact) mass is 252 g/mol. The van der Waals surface area contributed by atoms with Gasteiger partial charge in [0, 0.05) is 31.9 Å². The molecule has 0 saturated carbocycles. The van der Waals surface area contributed by atoms with Crippen LogP contribution in [0.2, 0.25) is 0 Å². The van der Waals surface area contributed by atoms with Gasteiger partial charge in [-0.1, -0.05) is 27.2 Å². The predicted molar refractivity (Wildman–Crippen MR) is 72.0 cm³/mol. The maximum absolute atomic E-state index is 11.8. The lowest BCUT2D eigenvalue weighted by Gasteiger charge is -2.18. The lowest BCUT2D eigenvalue weighted by Crippen LogP contribution is -2.45. The highest BCUT2D eigenvalue weighted by atomic mass is 16.2. The highest BCUT2D eigenvalue weighted by molar-refractivity contribution is 5.81. The van der Waals surface area contributed by atoms with Gasteiger partial charge in [-0.05, 0) is 5.92 Å². The zero-order valence-electron chi connectivity index (χ0n) is 11.5. The van der Waals surface area contributed by atoms with Crippen molar-refractivity contribution in [3.8, 4) is 0 Å². The first-order chi connectivity index (χ1) is 8.60. The van der Waals surface area contributed by atoms with E-state index in [9.17, 15) is 4.79 Å². The quantitative estimate of drug-likeness (QED) is 0.758. The Balaban J connectivity index is 2.36. The first-order valence-electron chi connectivity index (χ1n) is 6.63. The Morgan fingerprint density at radius 1 is 1.56 bits per heavy atom. The van der Waals surface area contributed by atoms with Gasteiger partial charge in [0.15, 0.2) is 0 Å². The molecule has 18 heavy (non-hydrogen) atoms. The van der Waals surface area contributed by atoms with E-state index in [0.717, 1.165) is 25.2 Å². The fraction of sp³-hybridized carbons (Fsp3) is 0.692. The van der Waals surface area contributed by atoms with Crippen molar-refractivity contribution in [2.45, 2.75) is 46.2 Å². The number of nitrogens with one attached hydrogen (secondary N) is 1. The predicted octanol–water partition coefficient (Wildman–Crippen LogP) is 0.935. The van der Waals surface area contributed by atoms with Gasteiger partial charge in [0.1, 0.15) is 5.82 Å². The van der Waals surface area contributed by atoms with E-state index in [0.29, 0.717) is 6.54 Å². The molecule has 0 radical (unpaired) electrons. The van der Waals surface area contributed by atoms with Crippen LogP contribution in [0.1, 0.15) is 33.0 Å². The first-order valence-corrected chi connectivity index (χ1v) is 6.63. The second kappa shape index (κ2) is 7.16. The lowest BCUT2D eigenvalue weighted by atomic mass is 9.99. The van der Waals surface area contributed by atoms with Gasteiger partial charge in [-0.2, -0.15) is 0 Å². The summed E-state index contributed by atoms with van der Waals surface area (Å²) in [6.07, 6.45) is 5.52. The molecule has 0 aliphatic heterocycles. The summed E-state index contributed by atoms with van der Waals surface area (Å²) >= 11 is 0. The maximum Gasteiger partial charge on any atom is 0.237 e. The Bertz CT molecular complexity index is 375. The maximum atomic E-state index is 11.8. The van der Waals surface area contributed by atoms with Gasteiger partial charge in [0.25, 0.3) is 0 Å². The van der Waals surface area contributed by atoms with Gasteiger partial charge in [-0.15, -0.1) is 0 Å². The summed E-state index contributed by atoms with van der Waals surface area (Å²) in [5.41, 5.74) is 5.86. The summed E-state index contributed by atoms with van der Waals surface area (Å²) in [4.78, 5) is 16.0. The summed E-state index contributed by atoms with van der Waals surface area (Å²) in [5.74, 6) is 1.18. The van der Waals surface area contributed by atoms with E-state index in [2.05, 4.69) is 21.8 Å². The Kier molecular flexibility index (Phi) is 5.85. The van der Waals surface area contributed by atoms with Crippen molar-refractivity contribution in [3.63, 3.8) is 0 Å². The molecule has 0 bridgehead atoms. The molecule has 0 saturated heterocycles. The number of rotatable bonds is 7. The van der Waals surface area contributed by atoms with E-state index in [4.69, 9.17) is 5.73 Å². The van der Waals surface area contributed by atoms with Gasteiger partial charge in [-0.25, -0.2) is 4.98 Å². The van der Waals surface area contributed by atoms with Crippen LogP contribution in [0.15, 0.2) is 12.4 Å². The van der Waals surface area contributed by atoms with Crippen molar-refractivity contribution in [1.29, 1.82) is 0 Å². The molecule has 1 heterocycles. The summed E-state index contributed by atoms with van der Waals surface area (Å²) in [6, 6.07) is -0.413. The molecule has 0 spiro atoms. The van der Waals surface area contributed by atoms with E-state index in [-0.39, 0.29) is 11.8 Å². The molecule has 1 rings (SSSR count). The van der Waals surface area contributed by atoms with Gasteiger partial charge in [-0.3, -0.25) is 4.79 Å². The highest BCUT2D eigenvalue weighted by Crippen LogP contribution is 2.05. The standard InChI is InChI=1S/C13H24N4O/c1-4-10(3)12(14)13(18)16-7-9-17-8-6-15-11(17)5-2/h6,8,10,12H,4-5,7,9,14H2,1-3H3,(H,16,18)/t10-,12-/m0/s1. The average Bonchev–Trinajstić information content (AvgIpc) is 2.84. The van der Waals surface area contributed by atoms with Gasteiger partial charge in [0.2, 0.25) is 5.91 Å². The molecule has 0 aromatic carbocycles. The van der Waals surface area contributed by atoms with Crippen LogP contribution < -0.4 is 11.1 Å². The first kappa shape index (κ1) is 14.7. The zero-order chi connectivity index (χ0) is 13.5. The van der Waals surface area contributed by atoms with Crippen molar-refractivity contribution in [2.75, 3.05) is 6.54 Å². The number of amides is 1. The molecule has 3 N–H and O–H groups in total. The normalized spacial score (nSPS) is 14.2. The Morgan fingerprint density at radius 3 is 2.89 bits per heavy atom. The number of aromatic nitrogens is 2. The number of carbonyl (C=O) groups excluding carboxylic acids is 1. The molecule has 0 fully saturated rings. The third-order valence-electron chi connectivity index (χ3n) is 3.33. The van der Waals surface area contributed by atoms with Crippen LogP contribution in [0.25, 0.3) is 0 Å². The minimum atomic E-state index is -0.413. The molecule has 0 unspecified atom stereocenters. The second-order valence-electron chi connectivity index (χ2n) is 4.59. The number of aryl methyl sites for hydroxylation is 1. The highest BCUT2D eigenvalue weighted by Gasteiger charge is 2.18. The van der Waals surface area contributed by atoms with E-state index < -0.39 is 6.04 Å². The number of nitrogens with zero attached hydrogens (tertiary/aromatic N) is 2. The largest absolute Gasteiger partial charge is 0.353 e. The fourth-order valence-electron chi connectivity index (χ4n) is 1.79. The fourth-order valence-corrected chi connectivity index (χ4v) is 1.79. The molecule has 102 valence electrons. The van der Waals surface area contributed by atoms with E-state index >= 15 is 0 Å². The Hall–Kier alpha value is -1.36. The van der Waals surface area contributed by atoms with Crippen molar-refractivity contribution in [2.24, 2.45) is 11.7 Å². The second-order valence-corrected chi connectivity index (χ2v) is 4.59. The van der Waals surface area contributed by atoms with Gasteiger partial charge >= 0.3 is 0 Å². The van der Waals surface area contributed by atoms with E-state index in [1.165, 1.54) is 0 Å². The third-order valence-corrected chi connectivity index (χ3v) is 3.33. The van der Waals surface area contributed by atoms with Crippen LogP contribution in [-0.4, -0.2) is 28.0 Å². The number of hydrogen-bond donors (Lipinski definition) is 2. The molecule has 2 atom stereocenters. The number of hydrogen-bond acceptors (Lipinski definition) is 3. The van der Waals surface area contributed by atoms with Crippen LogP contribution in [0, 0.1) is 5.92 Å². The molecular weight excluding hydrogens is 228 g/mol. The molecule has 1 aromatic heterocycles. The van der Waals surface area contributed by atoms with Crippen LogP contribution in [0.3, 0.4) is 0 Å². The summed E-state index contributed by atoms with van der Waals surface area (Å²) < 4.78 is 2.05. The summed E-state index contributed by atoms with van der Waals surface area (Å²) in [5, 5.41) is 2.87. The molecule has 1 amide bonds. The summed E-state index contributed by atoms with van der Waals surface area (Å²) in [6.45, 7) is 7.43. The van der Waals surface area contributed by atoms with Crippen LogP contribution in [0.5, 0.6) is 0 Å². The molecule has 5 heteroatoms. The number of nitrogens with two attached hydrogens (primary N) is 1.